The highest BCUT2D eigenvalue weighted by Gasteiger charge is 2.02. The fourth-order valence-corrected chi connectivity index (χ4v) is 3.40. The van der Waals surface area contributed by atoms with Crippen molar-refractivity contribution < 1.29 is 0 Å². The van der Waals surface area contributed by atoms with Gasteiger partial charge in [-0.1, -0.05) is 45.9 Å². The molecule has 4 rings (SSSR count). The van der Waals surface area contributed by atoms with Crippen LogP contribution >= 0.6 is 11.3 Å². The maximum Gasteiger partial charge on any atom is 0.194 e. The lowest BCUT2D eigenvalue weighted by molar-refractivity contribution is 0.783. The Hall–Kier alpha value is -2.14. The Balaban J connectivity index is 0.000000210. The highest BCUT2D eigenvalue weighted by molar-refractivity contribution is 7.15. The van der Waals surface area contributed by atoms with Crippen molar-refractivity contribution in [3.05, 3.63) is 52.9 Å². The topological polar surface area (TPSA) is 35.1 Å². The number of nitrogens with zero attached hydrogens (tertiary/aromatic N) is 4. The van der Waals surface area contributed by atoms with Crippen molar-refractivity contribution in [2.75, 3.05) is 0 Å². The average Bonchev–Trinajstić information content (AvgIpc) is 3.30. The summed E-state index contributed by atoms with van der Waals surface area (Å²) in [4.78, 5) is 5.31. The molecule has 0 radical (unpaired) electrons. The molecule has 0 atom stereocenters. The van der Waals surface area contributed by atoms with E-state index >= 15 is 0 Å². The van der Waals surface area contributed by atoms with Gasteiger partial charge in [0.25, 0.3) is 0 Å². The van der Waals surface area contributed by atoms with Crippen molar-refractivity contribution in [2.24, 2.45) is 7.05 Å². The fourth-order valence-electron chi connectivity index (χ4n) is 2.51. The first kappa shape index (κ1) is 20.9. The Morgan fingerprint density at radius 3 is 2.16 bits per heavy atom. The average molecular weight is 359 g/mol. The number of aromatic nitrogens is 4. The van der Waals surface area contributed by atoms with Crippen LogP contribution in [0.1, 0.15) is 44.8 Å². The van der Waals surface area contributed by atoms with Crippen LogP contribution in [0.25, 0.3) is 15.9 Å². The third-order valence-electron chi connectivity index (χ3n) is 3.54. The van der Waals surface area contributed by atoms with Gasteiger partial charge in [0.2, 0.25) is 0 Å². The van der Waals surface area contributed by atoms with Gasteiger partial charge in [-0.05, 0) is 26.8 Å². The van der Waals surface area contributed by atoms with Gasteiger partial charge in [-0.15, -0.1) is 11.3 Å². The van der Waals surface area contributed by atoms with Crippen LogP contribution in [0, 0.1) is 20.8 Å². The predicted octanol–water partition coefficient (Wildman–Crippen LogP) is 5.95. The number of rotatable bonds is 0. The number of thiazole rings is 1. The van der Waals surface area contributed by atoms with Crippen LogP contribution in [0.4, 0.5) is 0 Å². The number of aryl methyl sites for hydroxylation is 4. The van der Waals surface area contributed by atoms with E-state index in [0.29, 0.717) is 0 Å². The van der Waals surface area contributed by atoms with Crippen molar-refractivity contribution in [3.8, 4) is 0 Å². The first-order chi connectivity index (χ1) is 12.1. The van der Waals surface area contributed by atoms with Crippen LogP contribution in [0.2, 0.25) is 0 Å². The molecule has 0 saturated carbocycles. The maximum atomic E-state index is 4.31. The highest BCUT2D eigenvalue weighted by Crippen LogP contribution is 2.16. The summed E-state index contributed by atoms with van der Waals surface area (Å²) in [5, 5.41) is 7.67. The van der Waals surface area contributed by atoms with Gasteiger partial charge in [-0.25, -0.2) is 4.98 Å². The lowest BCUT2D eigenvalue weighted by atomic mass is 10.2. The number of imidazole rings is 1. The van der Waals surface area contributed by atoms with Crippen molar-refractivity contribution in [3.63, 3.8) is 0 Å². The highest BCUT2D eigenvalue weighted by atomic mass is 32.1. The van der Waals surface area contributed by atoms with Crippen LogP contribution in [-0.4, -0.2) is 19.2 Å². The lowest BCUT2D eigenvalue weighted by Crippen LogP contribution is -1.88. The predicted molar refractivity (Wildman–Crippen MR) is 111 cm³/mol. The minimum absolute atomic E-state index is 1.09. The van der Waals surface area contributed by atoms with Crippen molar-refractivity contribution >= 4 is 27.2 Å². The summed E-state index contributed by atoms with van der Waals surface area (Å²) in [6.07, 6.45) is 1.90. The first-order valence-corrected chi connectivity index (χ1v) is 9.72. The van der Waals surface area contributed by atoms with E-state index in [1.165, 1.54) is 22.3 Å². The summed E-state index contributed by atoms with van der Waals surface area (Å²) >= 11 is 1.69. The van der Waals surface area contributed by atoms with Gasteiger partial charge in [0.15, 0.2) is 4.96 Å². The Bertz CT molecular complexity index is 831. The second-order valence-corrected chi connectivity index (χ2v) is 5.96. The molecule has 0 spiro atoms. The van der Waals surface area contributed by atoms with Gasteiger partial charge in [0.05, 0.1) is 11.2 Å². The fraction of sp³-hybridized carbons (Fsp3) is 0.400. The van der Waals surface area contributed by atoms with Gasteiger partial charge in [-0.3, -0.25) is 9.08 Å². The molecule has 0 bridgehead atoms. The Morgan fingerprint density at radius 2 is 1.56 bits per heavy atom. The molecule has 1 aromatic carbocycles. The normalized spacial score (nSPS) is 9.60. The number of para-hydroxylation sites is 1. The molecule has 0 fully saturated rings. The second-order valence-electron chi connectivity index (χ2n) is 5.12. The molecule has 0 aliphatic heterocycles. The zero-order valence-electron chi connectivity index (χ0n) is 16.7. The molecule has 0 N–H and O–H groups in total. The monoisotopic (exact) mass is 358 g/mol. The zero-order chi connectivity index (χ0) is 19.0. The van der Waals surface area contributed by atoms with Gasteiger partial charge >= 0.3 is 0 Å². The van der Waals surface area contributed by atoms with Crippen LogP contribution in [0.3, 0.4) is 0 Å². The molecule has 3 heterocycles. The number of benzene rings is 1. The third-order valence-corrected chi connectivity index (χ3v) is 4.49. The molecule has 0 saturated heterocycles. The van der Waals surface area contributed by atoms with E-state index in [1.54, 1.807) is 11.3 Å². The Kier molecular flexibility index (Phi) is 8.35. The standard InChI is InChI=1S/C9H10N2.C7H8N2S.2C2H6/c1-7-8-5-3-4-6-9(8)11(2)10-7;1-5-3-8-7-9(5)6(2)4-10-7;2*1-2/h3-6H,1-2H3;3-4H,1-2H3;2*1-2H3. The Morgan fingerprint density at radius 1 is 0.920 bits per heavy atom. The van der Waals surface area contributed by atoms with E-state index in [4.69, 9.17) is 0 Å². The lowest BCUT2D eigenvalue weighted by Gasteiger charge is -1.90. The molecule has 3 aromatic heterocycles. The van der Waals surface area contributed by atoms with E-state index in [-0.39, 0.29) is 0 Å². The van der Waals surface area contributed by atoms with Crippen LogP contribution in [-0.2, 0) is 7.05 Å². The molecule has 136 valence electrons. The van der Waals surface area contributed by atoms with Crippen molar-refractivity contribution in [1.29, 1.82) is 0 Å². The minimum atomic E-state index is 1.09. The molecule has 0 amide bonds. The van der Waals surface area contributed by atoms with Gasteiger partial charge in [0.1, 0.15) is 0 Å². The molecule has 25 heavy (non-hydrogen) atoms. The van der Waals surface area contributed by atoms with E-state index in [1.807, 2.05) is 64.7 Å². The molecule has 0 aliphatic rings. The van der Waals surface area contributed by atoms with Crippen LogP contribution in [0.5, 0.6) is 0 Å². The maximum absolute atomic E-state index is 4.31. The molecular formula is C20H30N4S. The summed E-state index contributed by atoms with van der Waals surface area (Å²) < 4.78 is 4.06. The molecule has 4 nitrogen and oxygen atoms in total. The smallest absolute Gasteiger partial charge is 0.194 e. The van der Waals surface area contributed by atoms with Gasteiger partial charge < -0.3 is 0 Å². The minimum Gasteiger partial charge on any atom is -0.292 e. The Labute approximate surface area is 155 Å². The summed E-state index contributed by atoms with van der Waals surface area (Å²) in [7, 11) is 1.97. The SMILES string of the molecule is CC.CC.Cc1cnc2scc(C)n12.Cc1nn(C)c2ccccc12. The van der Waals surface area contributed by atoms with Gasteiger partial charge in [-0.2, -0.15) is 5.10 Å². The largest absolute Gasteiger partial charge is 0.292 e. The van der Waals surface area contributed by atoms with Crippen molar-refractivity contribution in [1.82, 2.24) is 19.2 Å². The van der Waals surface area contributed by atoms with Gasteiger partial charge in [0, 0.05) is 35.4 Å². The van der Waals surface area contributed by atoms with E-state index in [9.17, 15) is 0 Å². The molecule has 0 aliphatic carbocycles. The van der Waals surface area contributed by atoms with E-state index in [0.717, 1.165) is 10.7 Å². The van der Waals surface area contributed by atoms with E-state index < -0.39 is 0 Å². The summed E-state index contributed by atoms with van der Waals surface area (Å²) in [6.45, 7) is 14.2. The van der Waals surface area contributed by atoms with Crippen LogP contribution in [0.15, 0.2) is 35.8 Å². The molecule has 4 aromatic rings. The van der Waals surface area contributed by atoms with E-state index in [2.05, 4.69) is 45.8 Å². The van der Waals surface area contributed by atoms with Crippen molar-refractivity contribution in [2.45, 2.75) is 48.5 Å². The molecule has 0 unspecified atom stereocenters. The zero-order valence-corrected chi connectivity index (χ0v) is 17.5. The summed E-state index contributed by atoms with van der Waals surface area (Å²) in [5.41, 5.74) is 4.79. The first-order valence-electron chi connectivity index (χ1n) is 8.84. The molecule has 5 heteroatoms. The quantitative estimate of drug-likeness (QED) is 0.389. The van der Waals surface area contributed by atoms with Crippen LogP contribution < -0.4 is 0 Å². The number of hydrogen-bond donors (Lipinski definition) is 0. The molecular weight excluding hydrogens is 328 g/mol. The summed E-state index contributed by atoms with van der Waals surface area (Å²) in [6, 6.07) is 8.24. The number of fused-ring (bicyclic) bond motifs is 2. The third kappa shape index (κ3) is 4.69. The second kappa shape index (κ2) is 9.99. The number of hydrogen-bond acceptors (Lipinski definition) is 3. The summed E-state index contributed by atoms with van der Waals surface area (Å²) in [5.74, 6) is 0.